The smallest absolute Gasteiger partial charge is 0.247 e. The highest BCUT2D eigenvalue weighted by atomic mass is 16.2. The number of amidine groups is 1. The van der Waals surface area contributed by atoms with E-state index in [0.717, 1.165) is 11.1 Å². The number of carbonyl (C=O) groups excluding carboxylic acids is 5. The second-order valence-electron chi connectivity index (χ2n) is 12.1. The lowest BCUT2D eigenvalue weighted by atomic mass is 9.99. The van der Waals surface area contributed by atoms with Gasteiger partial charge in [-0.25, -0.2) is 0 Å². The Morgan fingerprint density at radius 3 is 1.94 bits per heavy atom. The number of aliphatic imine (C=N–C) groups is 1. The highest BCUT2D eigenvalue weighted by molar-refractivity contribution is 6.06. The quantitative estimate of drug-likeness (QED) is 0.104. The van der Waals surface area contributed by atoms with Crippen molar-refractivity contribution < 1.29 is 24.0 Å². The molecule has 9 N–H and O–H groups in total. The van der Waals surface area contributed by atoms with Crippen molar-refractivity contribution in [3.63, 3.8) is 0 Å². The van der Waals surface area contributed by atoms with Crippen LogP contribution in [0.5, 0.6) is 0 Å². The summed E-state index contributed by atoms with van der Waals surface area (Å²) >= 11 is 0. The predicted molar refractivity (Wildman–Crippen MR) is 180 cm³/mol. The number of amides is 5. The van der Waals surface area contributed by atoms with Crippen LogP contribution in [0.4, 0.5) is 0 Å². The number of hydrogen-bond donors (Lipinski definition) is 7. The lowest BCUT2D eigenvalue weighted by molar-refractivity contribution is -0.134. The number of hydrogen-bond acceptors (Lipinski definition) is 8. The second kappa shape index (κ2) is 19.1. The Morgan fingerprint density at radius 2 is 1.36 bits per heavy atom. The van der Waals surface area contributed by atoms with Gasteiger partial charge in [0.1, 0.15) is 30.5 Å². The molecule has 3 rings (SSSR count). The third kappa shape index (κ3) is 13.0. The van der Waals surface area contributed by atoms with Crippen molar-refractivity contribution in [1.29, 1.82) is 0 Å². The first-order valence-corrected chi connectivity index (χ1v) is 16.1. The van der Waals surface area contributed by atoms with Gasteiger partial charge in [-0.05, 0) is 55.7 Å². The average molecular weight is 649 g/mol. The summed E-state index contributed by atoms with van der Waals surface area (Å²) in [6, 6.07) is 14.8. The van der Waals surface area contributed by atoms with Crippen molar-refractivity contribution in [2.75, 3.05) is 19.6 Å². The van der Waals surface area contributed by atoms with E-state index < -0.39 is 47.8 Å². The molecule has 5 amide bonds. The van der Waals surface area contributed by atoms with E-state index in [1.807, 2.05) is 74.5 Å². The number of benzene rings is 2. The van der Waals surface area contributed by atoms with Crippen molar-refractivity contribution in [1.82, 2.24) is 26.6 Å². The Bertz CT molecular complexity index is 1370. The van der Waals surface area contributed by atoms with Gasteiger partial charge in [0.2, 0.25) is 29.5 Å². The molecule has 0 saturated carbocycles. The first kappa shape index (κ1) is 36.8. The Labute approximate surface area is 276 Å². The fourth-order valence-electron chi connectivity index (χ4n) is 5.11. The molecular weight excluding hydrogens is 600 g/mol. The Hall–Kier alpha value is -4.62. The maximum absolute atomic E-state index is 13.8. The fraction of sp³-hybridized carbons (Fsp3) is 0.471. The van der Waals surface area contributed by atoms with E-state index in [4.69, 9.17) is 11.5 Å². The van der Waals surface area contributed by atoms with Crippen LogP contribution in [0.15, 0.2) is 65.7 Å². The Balaban J connectivity index is 1.73. The molecule has 2 aromatic carbocycles. The average Bonchev–Trinajstić information content (AvgIpc) is 3.47. The monoisotopic (exact) mass is 648 g/mol. The van der Waals surface area contributed by atoms with Gasteiger partial charge in [0.25, 0.3) is 0 Å². The van der Waals surface area contributed by atoms with Gasteiger partial charge >= 0.3 is 0 Å². The van der Waals surface area contributed by atoms with Gasteiger partial charge in [0.05, 0.1) is 12.6 Å². The maximum atomic E-state index is 13.8. The predicted octanol–water partition coefficient (Wildman–Crippen LogP) is 0.0731. The van der Waals surface area contributed by atoms with Crippen LogP contribution in [0.25, 0.3) is 0 Å². The summed E-state index contributed by atoms with van der Waals surface area (Å²) in [7, 11) is 0. The van der Waals surface area contributed by atoms with Crippen molar-refractivity contribution in [3.8, 4) is 0 Å². The lowest BCUT2D eigenvalue weighted by Gasteiger charge is -2.27. The van der Waals surface area contributed by atoms with Gasteiger partial charge < -0.3 is 38.1 Å². The molecule has 0 aliphatic carbocycles. The normalized spacial score (nSPS) is 15.1. The Kier molecular flexibility index (Phi) is 15.0. The minimum Gasteiger partial charge on any atom is -0.347 e. The summed E-state index contributed by atoms with van der Waals surface area (Å²) in [6.45, 7) is 4.28. The molecule has 0 bridgehead atoms. The first-order valence-electron chi connectivity index (χ1n) is 16.1. The van der Waals surface area contributed by atoms with E-state index in [2.05, 4.69) is 31.6 Å². The summed E-state index contributed by atoms with van der Waals surface area (Å²) in [5.74, 6) is -1.92. The van der Waals surface area contributed by atoms with Gasteiger partial charge in [0, 0.05) is 6.42 Å². The molecule has 254 valence electrons. The van der Waals surface area contributed by atoms with Crippen LogP contribution in [0.1, 0.15) is 50.7 Å². The molecule has 13 heteroatoms. The summed E-state index contributed by atoms with van der Waals surface area (Å²) in [5, 5.41) is 13.7. The number of nitrogens with zero attached hydrogens (tertiary/aromatic N) is 1. The summed E-state index contributed by atoms with van der Waals surface area (Å²) in [6.07, 6.45) is 2.32. The van der Waals surface area contributed by atoms with Crippen LogP contribution in [0, 0.1) is 5.92 Å². The van der Waals surface area contributed by atoms with Crippen LogP contribution >= 0.6 is 0 Å². The fourth-order valence-corrected chi connectivity index (χ4v) is 5.11. The van der Waals surface area contributed by atoms with Crippen LogP contribution < -0.4 is 38.1 Å². The number of nitrogens with one attached hydrogen (secondary N) is 5. The van der Waals surface area contributed by atoms with Gasteiger partial charge in [-0.2, -0.15) is 0 Å². The van der Waals surface area contributed by atoms with Crippen LogP contribution in [-0.2, 0) is 36.8 Å². The molecule has 0 radical (unpaired) electrons. The van der Waals surface area contributed by atoms with E-state index in [0.29, 0.717) is 31.6 Å². The minimum atomic E-state index is -1.01. The highest BCUT2D eigenvalue weighted by Crippen LogP contribution is 2.10. The zero-order valence-corrected chi connectivity index (χ0v) is 27.2. The van der Waals surface area contributed by atoms with Gasteiger partial charge in [-0.3, -0.25) is 29.0 Å². The van der Waals surface area contributed by atoms with Crippen molar-refractivity contribution >= 4 is 35.4 Å². The van der Waals surface area contributed by atoms with E-state index in [1.165, 1.54) is 0 Å². The van der Waals surface area contributed by atoms with Crippen molar-refractivity contribution in [2.45, 2.75) is 76.5 Å². The molecular formula is C34H48N8O5. The molecule has 0 spiro atoms. The van der Waals surface area contributed by atoms with Gasteiger partial charge in [-0.15, -0.1) is 0 Å². The molecule has 1 heterocycles. The molecule has 1 aliphatic rings. The molecule has 13 nitrogen and oxygen atoms in total. The first-order chi connectivity index (χ1) is 22.5. The number of rotatable bonds is 19. The molecule has 0 fully saturated rings. The highest BCUT2D eigenvalue weighted by Gasteiger charge is 2.31. The Morgan fingerprint density at radius 1 is 0.787 bits per heavy atom. The van der Waals surface area contributed by atoms with E-state index in [-0.39, 0.29) is 44.2 Å². The zero-order valence-electron chi connectivity index (χ0n) is 27.2. The molecule has 47 heavy (non-hydrogen) atoms. The summed E-state index contributed by atoms with van der Waals surface area (Å²) < 4.78 is 0. The number of nitrogens with two attached hydrogens (primary N) is 2. The van der Waals surface area contributed by atoms with Crippen LogP contribution in [0.2, 0.25) is 0 Å². The van der Waals surface area contributed by atoms with E-state index in [9.17, 15) is 24.0 Å². The molecule has 1 aliphatic heterocycles. The minimum absolute atomic E-state index is 0.00311. The van der Waals surface area contributed by atoms with Crippen molar-refractivity contribution in [3.05, 3.63) is 71.8 Å². The molecule has 4 atom stereocenters. The third-order valence-electron chi connectivity index (χ3n) is 7.60. The molecule has 0 saturated heterocycles. The largest absolute Gasteiger partial charge is 0.347 e. The summed E-state index contributed by atoms with van der Waals surface area (Å²) in [5.41, 5.74) is 13.6. The zero-order chi connectivity index (χ0) is 34.2. The van der Waals surface area contributed by atoms with E-state index >= 15 is 0 Å². The second-order valence-corrected chi connectivity index (χ2v) is 12.1. The summed E-state index contributed by atoms with van der Waals surface area (Å²) in [4.78, 5) is 69.2. The molecule has 0 aromatic heterocycles. The standard InChI is InChI=1S/C34H48N8O5/c1-22(2)17-27(33(46)39-26(15-9-10-16-35)32(45)38-20-29-37-21-30(43)42-29)41-34(47)28(19-24-13-7-4-8-14-24)40-31(44)25(36)18-23-11-5-3-6-12-23/h3-8,11-14,22,25-28H,9-10,15-21,35-36H2,1-2H3,(H,38,45)(H,39,46)(H,40,44)(H,41,47)(H,37,42,43)/t25-,26-,27-,28-/m1/s1. The van der Waals surface area contributed by atoms with Crippen LogP contribution in [0.3, 0.4) is 0 Å². The maximum Gasteiger partial charge on any atom is 0.247 e. The lowest BCUT2D eigenvalue weighted by Crippen LogP contribution is -2.58. The SMILES string of the molecule is CC(C)C[C@@H](NC(=O)[C@@H](Cc1ccccc1)NC(=O)[C@H](N)Cc1ccccc1)C(=O)N[C@H](CCCCN)C(=O)NCC1=NCC(=O)N1. The molecule has 2 aromatic rings. The molecule has 0 unspecified atom stereocenters. The topological polar surface area (TPSA) is 210 Å². The van der Waals surface area contributed by atoms with E-state index in [1.54, 1.807) is 0 Å². The number of carbonyl (C=O) groups is 5. The van der Waals surface area contributed by atoms with Gasteiger partial charge in [-0.1, -0.05) is 74.5 Å². The van der Waals surface area contributed by atoms with Crippen LogP contribution in [-0.4, -0.2) is 79.2 Å². The van der Waals surface area contributed by atoms with Crippen molar-refractivity contribution in [2.24, 2.45) is 22.4 Å². The van der Waals surface area contributed by atoms with Gasteiger partial charge in [0.15, 0.2) is 0 Å². The third-order valence-corrected chi connectivity index (χ3v) is 7.60. The number of unbranched alkanes of at least 4 members (excludes halogenated alkanes) is 1.